The third-order valence-electron chi connectivity index (χ3n) is 5.80. The highest BCUT2D eigenvalue weighted by molar-refractivity contribution is 5.82. The standard InChI is InChI=1S/C25H25FN2/c1-17(18(2)28-22-13-11-21(26)12-14-22)19-7-9-20(10-8-19)23-15-16-27-25-6-4-3-5-24(23)25/h3-7,11-17,20,28H,2,8-10H2,1H3. The van der Waals surface area contributed by atoms with Gasteiger partial charge in [-0.05, 0) is 67.1 Å². The summed E-state index contributed by atoms with van der Waals surface area (Å²) in [5.74, 6) is 0.552. The molecule has 0 radical (unpaired) electrons. The van der Waals surface area contributed by atoms with E-state index in [9.17, 15) is 4.39 Å². The van der Waals surface area contributed by atoms with Crippen LogP contribution < -0.4 is 5.32 Å². The monoisotopic (exact) mass is 372 g/mol. The zero-order valence-electron chi connectivity index (χ0n) is 16.2. The number of aromatic nitrogens is 1. The summed E-state index contributed by atoms with van der Waals surface area (Å²) in [6.45, 7) is 6.40. The van der Waals surface area contributed by atoms with Crippen molar-refractivity contribution in [1.82, 2.24) is 4.98 Å². The molecule has 0 saturated heterocycles. The minimum Gasteiger partial charge on any atom is -0.359 e. The molecule has 1 aliphatic carbocycles. The summed E-state index contributed by atoms with van der Waals surface area (Å²) in [6, 6.07) is 17.0. The quantitative estimate of drug-likeness (QED) is 0.497. The number of anilines is 1. The van der Waals surface area contributed by atoms with E-state index < -0.39 is 0 Å². The number of para-hydroxylation sites is 1. The maximum Gasteiger partial charge on any atom is 0.123 e. The van der Waals surface area contributed by atoms with Gasteiger partial charge in [-0.1, -0.05) is 43.4 Å². The highest BCUT2D eigenvalue weighted by atomic mass is 19.1. The molecular formula is C25H25FN2. The number of fused-ring (bicyclic) bond motifs is 1. The summed E-state index contributed by atoms with van der Waals surface area (Å²) in [6.07, 6.45) is 7.54. The van der Waals surface area contributed by atoms with Crippen LogP contribution in [0.4, 0.5) is 10.1 Å². The Morgan fingerprint density at radius 1 is 1.14 bits per heavy atom. The van der Waals surface area contributed by atoms with Crippen LogP contribution in [0.3, 0.4) is 0 Å². The Morgan fingerprint density at radius 2 is 1.93 bits per heavy atom. The van der Waals surface area contributed by atoms with Gasteiger partial charge in [-0.15, -0.1) is 0 Å². The van der Waals surface area contributed by atoms with Crippen molar-refractivity contribution >= 4 is 16.6 Å². The van der Waals surface area contributed by atoms with Gasteiger partial charge in [-0.25, -0.2) is 4.39 Å². The number of nitrogens with zero attached hydrogens (tertiary/aromatic N) is 1. The third kappa shape index (κ3) is 3.84. The van der Waals surface area contributed by atoms with Gasteiger partial charge in [0, 0.05) is 28.9 Å². The number of hydrogen-bond donors (Lipinski definition) is 1. The highest BCUT2D eigenvalue weighted by Gasteiger charge is 2.22. The Morgan fingerprint density at radius 3 is 2.68 bits per heavy atom. The summed E-state index contributed by atoms with van der Waals surface area (Å²) < 4.78 is 13.1. The Balaban J connectivity index is 1.45. The fourth-order valence-electron chi connectivity index (χ4n) is 4.05. The molecule has 1 aromatic heterocycles. The van der Waals surface area contributed by atoms with Crippen molar-refractivity contribution in [3.63, 3.8) is 0 Å². The van der Waals surface area contributed by atoms with Gasteiger partial charge in [0.25, 0.3) is 0 Å². The van der Waals surface area contributed by atoms with Crippen molar-refractivity contribution in [2.24, 2.45) is 5.92 Å². The van der Waals surface area contributed by atoms with Gasteiger partial charge in [0.15, 0.2) is 0 Å². The topological polar surface area (TPSA) is 24.9 Å². The summed E-state index contributed by atoms with van der Waals surface area (Å²) >= 11 is 0. The van der Waals surface area contributed by atoms with Gasteiger partial charge in [-0.3, -0.25) is 4.98 Å². The molecule has 2 atom stereocenters. The lowest BCUT2D eigenvalue weighted by molar-refractivity contribution is 0.568. The maximum atomic E-state index is 13.1. The van der Waals surface area contributed by atoms with Crippen LogP contribution in [-0.4, -0.2) is 4.98 Å². The van der Waals surface area contributed by atoms with E-state index in [4.69, 9.17) is 0 Å². The second-order valence-corrected chi connectivity index (χ2v) is 7.55. The number of halogens is 1. The van der Waals surface area contributed by atoms with Crippen LogP contribution in [0.25, 0.3) is 10.9 Å². The molecule has 0 amide bonds. The molecule has 2 nitrogen and oxygen atoms in total. The van der Waals surface area contributed by atoms with Crippen LogP contribution in [-0.2, 0) is 0 Å². The number of pyridine rings is 1. The van der Waals surface area contributed by atoms with Gasteiger partial charge in [-0.2, -0.15) is 0 Å². The first-order valence-corrected chi connectivity index (χ1v) is 9.86. The van der Waals surface area contributed by atoms with Gasteiger partial charge >= 0.3 is 0 Å². The summed E-state index contributed by atoms with van der Waals surface area (Å²) in [5, 5.41) is 4.59. The first kappa shape index (κ1) is 18.4. The Hall–Kier alpha value is -2.94. The van der Waals surface area contributed by atoms with Gasteiger partial charge < -0.3 is 5.32 Å². The highest BCUT2D eigenvalue weighted by Crippen LogP contribution is 2.38. The molecule has 2 unspecified atom stereocenters. The zero-order valence-corrected chi connectivity index (χ0v) is 16.2. The van der Waals surface area contributed by atoms with Crippen LogP contribution in [0.15, 0.2) is 84.7 Å². The van der Waals surface area contributed by atoms with E-state index >= 15 is 0 Å². The average Bonchev–Trinajstić information content (AvgIpc) is 2.74. The van der Waals surface area contributed by atoms with Gasteiger partial charge in [0.2, 0.25) is 0 Å². The molecule has 4 rings (SSSR count). The van der Waals surface area contributed by atoms with Crippen LogP contribution in [0, 0.1) is 11.7 Å². The molecule has 1 N–H and O–H groups in total. The van der Waals surface area contributed by atoms with E-state index in [0.29, 0.717) is 5.92 Å². The summed E-state index contributed by atoms with van der Waals surface area (Å²) in [4.78, 5) is 4.49. The third-order valence-corrected chi connectivity index (χ3v) is 5.80. The summed E-state index contributed by atoms with van der Waals surface area (Å²) in [5.41, 5.74) is 5.72. The van der Waals surface area contributed by atoms with Crippen LogP contribution in [0.1, 0.15) is 37.7 Å². The second kappa shape index (κ2) is 7.97. The van der Waals surface area contributed by atoms with Crippen LogP contribution in [0.5, 0.6) is 0 Å². The van der Waals surface area contributed by atoms with Crippen LogP contribution >= 0.6 is 0 Å². The minimum absolute atomic E-state index is 0.228. The Bertz CT molecular complexity index is 1010. The molecule has 3 aromatic rings. The number of rotatable bonds is 5. The van der Waals surface area contributed by atoms with Crippen molar-refractivity contribution in [2.75, 3.05) is 5.32 Å². The Kier molecular flexibility index (Phi) is 5.25. The lowest BCUT2D eigenvalue weighted by atomic mass is 9.79. The first-order valence-electron chi connectivity index (χ1n) is 9.86. The molecule has 28 heavy (non-hydrogen) atoms. The van der Waals surface area contributed by atoms with Gasteiger partial charge in [0.1, 0.15) is 5.82 Å². The predicted octanol–water partition coefficient (Wildman–Crippen LogP) is 6.83. The first-order chi connectivity index (χ1) is 13.6. The van der Waals surface area contributed by atoms with Gasteiger partial charge in [0.05, 0.1) is 5.52 Å². The van der Waals surface area contributed by atoms with E-state index in [2.05, 4.69) is 54.1 Å². The normalized spacial score (nSPS) is 17.8. The van der Waals surface area contributed by atoms with Crippen molar-refractivity contribution in [1.29, 1.82) is 0 Å². The van der Waals surface area contributed by atoms with E-state index in [0.717, 1.165) is 36.2 Å². The summed E-state index contributed by atoms with van der Waals surface area (Å²) in [7, 11) is 0. The molecular weight excluding hydrogens is 347 g/mol. The molecule has 0 saturated carbocycles. The van der Waals surface area contributed by atoms with E-state index in [1.54, 1.807) is 12.1 Å². The SMILES string of the molecule is C=C(Nc1ccc(F)cc1)C(C)C1=CCC(c2ccnc3ccccc23)CC1. The molecule has 0 fully saturated rings. The molecule has 0 aliphatic heterocycles. The molecule has 3 heteroatoms. The lowest BCUT2D eigenvalue weighted by Crippen LogP contribution is -2.14. The van der Waals surface area contributed by atoms with Crippen molar-refractivity contribution in [3.05, 3.63) is 96.1 Å². The van der Waals surface area contributed by atoms with Crippen LogP contribution in [0.2, 0.25) is 0 Å². The number of hydrogen-bond acceptors (Lipinski definition) is 2. The maximum absolute atomic E-state index is 13.1. The second-order valence-electron chi connectivity index (χ2n) is 7.55. The zero-order chi connectivity index (χ0) is 19.5. The van der Waals surface area contributed by atoms with Crippen molar-refractivity contribution in [3.8, 4) is 0 Å². The van der Waals surface area contributed by atoms with Crippen molar-refractivity contribution in [2.45, 2.75) is 32.1 Å². The average molecular weight is 372 g/mol. The van der Waals surface area contributed by atoms with E-state index in [1.807, 2.05) is 12.3 Å². The minimum atomic E-state index is -0.228. The molecule has 1 heterocycles. The fraction of sp³-hybridized carbons (Fsp3) is 0.240. The smallest absolute Gasteiger partial charge is 0.123 e. The fourth-order valence-corrected chi connectivity index (χ4v) is 4.05. The predicted molar refractivity (Wildman–Crippen MR) is 115 cm³/mol. The van der Waals surface area contributed by atoms with E-state index in [-0.39, 0.29) is 11.7 Å². The number of benzene rings is 2. The lowest BCUT2D eigenvalue weighted by Gasteiger charge is -2.27. The molecule has 1 aliphatic rings. The molecule has 0 bridgehead atoms. The van der Waals surface area contributed by atoms with Crippen molar-refractivity contribution < 1.29 is 4.39 Å². The van der Waals surface area contributed by atoms with E-state index in [1.165, 1.54) is 28.7 Å². The molecule has 142 valence electrons. The number of nitrogens with one attached hydrogen (secondary N) is 1. The largest absolute Gasteiger partial charge is 0.359 e. The number of allylic oxidation sites excluding steroid dienone is 2. The Labute approximate surface area is 165 Å². The molecule has 0 spiro atoms. The molecule has 2 aromatic carbocycles.